The Morgan fingerprint density at radius 3 is 2.52 bits per heavy atom. The largest absolute Gasteiger partial charge is 0.396 e. The van der Waals surface area contributed by atoms with Crippen molar-refractivity contribution >= 4 is 11.6 Å². The van der Waals surface area contributed by atoms with E-state index in [4.69, 9.17) is 0 Å². The lowest BCUT2D eigenvalue weighted by Crippen LogP contribution is -2.26. The molecule has 0 bridgehead atoms. The maximum absolute atomic E-state index is 12.9. The number of hydrogen-bond donors (Lipinski definition) is 2. The van der Waals surface area contributed by atoms with Crippen LogP contribution in [0.2, 0.25) is 0 Å². The van der Waals surface area contributed by atoms with Crippen LogP contribution in [-0.2, 0) is 4.79 Å². The SMILES string of the molecule is CC1=C(/C=C/C(C)=C/C=C/C(C)=C/C(=O)Nc2ccc(F)cc2)C(C)(C)CCC1CO. The molecule has 1 aliphatic rings. The van der Waals surface area contributed by atoms with E-state index in [1.165, 1.54) is 41.5 Å². The summed E-state index contributed by atoms with van der Waals surface area (Å²) in [6, 6.07) is 5.67. The highest BCUT2D eigenvalue weighted by Gasteiger charge is 2.31. The van der Waals surface area contributed by atoms with E-state index in [-0.39, 0.29) is 29.7 Å². The van der Waals surface area contributed by atoms with E-state index in [9.17, 15) is 14.3 Å². The number of carbonyl (C=O) groups is 1. The molecule has 3 nitrogen and oxygen atoms in total. The third-order valence-corrected chi connectivity index (χ3v) is 5.81. The molecule has 1 aromatic rings. The summed E-state index contributed by atoms with van der Waals surface area (Å²) in [6.45, 7) is 10.7. The van der Waals surface area contributed by atoms with Gasteiger partial charge < -0.3 is 10.4 Å². The molecular formula is C27H34FNO2. The van der Waals surface area contributed by atoms with E-state index in [0.29, 0.717) is 5.69 Å². The number of rotatable bonds is 7. The van der Waals surface area contributed by atoms with Crippen LogP contribution >= 0.6 is 0 Å². The Balaban J connectivity index is 2.00. The van der Waals surface area contributed by atoms with Gasteiger partial charge in [-0.15, -0.1) is 0 Å². The predicted molar refractivity (Wildman–Crippen MR) is 127 cm³/mol. The lowest BCUT2D eigenvalue weighted by Gasteiger charge is -2.36. The number of amides is 1. The summed E-state index contributed by atoms with van der Waals surface area (Å²) in [7, 11) is 0. The van der Waals surface area contributed by atoms with Crippen LogP contribution in [0.1, 0.15) is 47.5 Å². The van der Waals surface area contributed by atoms with Gasteiger partial charge in [-0.25, -0.2) is 4.39 Å². The predicted octanol–water partition coefficient (Wildman–Crippen LogP) is 6.51. The van der Waals surface area contributed by atoms with Gasteiger partial charge in [-0.05, 0) is 74.4 Å². The summed E-state index contributed by atoms with van der Waals surface area (Å²) in [5.41, 5.74) is 5.17. The number of nitrogens with one attached hydrogen (secondary N) is 1. The Morgan fingerprint density at radius 2 is 1.87 bits per heavy atom. The van der Waals surface area contributed by atoms with Gasteiger partial charge in [-0.2, -0.15) is 0 Å². The van der Waals surface area contributed by atoms with Crippen molar-refractivity contribution in [2.75, 3.05) is 11.9 Å². The maximum Gasteiger partial charge on any atom is 0.248 e. The van der Waals surface area contributed by atoms with Gasteiger partial charge in [0.25, 0.3) is 0 Å². The van der Waals surface area contributed by atoms with Gasteiger partial charge in [0.1, 0.15) is 5.82 Å². The molecule has 2 rings (SSSR count). The number of allylic oxidation sites excluding steroid dienone is 8. The molecule has 1 aliphatic carbocycles. The van der Waals surface area contributed by atoms with Crippen LogP contribution in [-0.4, -0.2) is 17.6 Å². The zero-order valence-electron chi connectivity index (χ0n) is 19.2. The smallest absolute Gasteiger partial charge is 0.248 e. The first-order valence-electron chi connectivity index (χ1n) is 10.7. The van der Waals surface area contributed by atoms with Crippen molar-refractivity contribution in [3.63, 3.8) is 0 Å². The summed E-state index contributed by atoms with van der Waals surface area (Å²) >= 11 is 0. The van der Waals surface area contributed by atoms with Crippen molar-refractivity contribution in [3.05, 3.63) is 88.8 Å². The molecule has 166 valence electrons. The standard InChI is InChI=1S/C27H34FNO2/c1-19(9-14-25-21(3)22(18-30)15-16-27(25,4)5)7-6-8-20(2)17-26(31)29-24-12-10-23(28)11-13-24/h6-14,17,22,30H,15-16,18H2,1-5H3,(H,29,31)/b8-6+,14-9+,19-7+,20-17+. The maximum atomic E-state index is 12.9. The van der Waals surface area contributed by atoms with Crippen LogP contribution in [0.25, 0.3) is 0 Å². The summed E-state index contributed by atoms with van der Waals surface area (Å²) in [5, 5.41) is 12.3. The summed E-state index contributed by atoms with van der Waals surface area (Å²) in [6.07, 6.45) is 13.7. The van der Waals surface area contributed by atoms with Gasteiger partial charge in [-0.3, -0.25) is 4.79 Å². The highest BCUT2D eigenvalue weighted by molar-refractivity contribution is 5.99. The lowest BCUT2D eigenvalue weighted by atomic mass is 9.69. The van der Waals surface area contributed by atoms with Crippen LogP contribution in [0, 0.1) is 17.2 Å². The topological polar surface area (TPSA) is 49.3 Å². The fourth-order valence-electron chi connectivity index (χ4n) is 3.81. The molecule has 0 spiro atoms. The first-order chi connectivity index (χ1) is 14.6. The average molecular weight is 424 g/mol. The van der Waals surface area contributed by atoms with Crippen molar-refractivity contribution in [1.82, 2.24) is 0 Å². The molecule has 0 aromatic heterocycles. The first-order valence-corrected chi connectivity index (χ1v) is 10.7. The van der Waals surface area contributed by atoms with Crippen LogP contribution in [0.15, 0.2) is 83.0 Å². The third kappa shape index (κ3) is 7.48. The van der Waals surface area contributed by atoms with E-state index in [2.05, 4.69) is 38.2 Å². The Morgan fingerprint density at radius 1 is 1.19 bits per heavy atom. The number of aliphatic hydroxyl groups is 1. The number of halogens is 1. The highest BCUT2D eigenvalue weighted by Crippen LogP contribution is 2.43. The second kappa shape index (κ2) is 11.1. The summed E-state index contributed by atoms with van der Waals surface area (Å²) in [4.78, 5) is 12.1. The zero-order chi connectivity index (χ0) is 23.0. The van der Waals surface area contributed by atoms with Crippen LogP contribution in [0.4, 0.5) is 10.1 Å². The second-order valence-corrected chi connectivity index (χ2v) is 8.89. The van der Waals surface area contributed by atoms with E-state index >= 15 is 0 Å². The number of carbonyl (C=O) groups excluding carboxylic acids is 1. The molecule has 4 heteroatoms. The molecule has 0 saturated carbocycles. The van der Waals surface area contributed by atoms with Gasteiger partial charge in [0.2, 0.25) is 5.91 Å². The van der Waals surface area contributed by atoms with Crippen molar-refractivity contribution in [3.8, 4) is 0 Å². The molecule has 1 unspecified atom stereocenters. The van der Waals surface area contributed by atoms with E-state index in [1.807, 2.05) is 32.1 Å². The minimum atomic E-state index is -0.337. The van der Waals surface area contributed by atoms with Crippen LogP contribution in [0.3, 0.4) is 0 Å². The number of benzene rings is 1. The molecule has 0 fully saturated rings. The first kappa shape index (κ1) is 24.5. The van der Waals surface area contributed by atoms with Crippen molar-refractivity contribution in [1.29, 1.82) is 0 Å². The van der Waals surface area contributed by atoms with Gasteiger partial charge in [-0.1, -0.05) is 55.4 Å². The summed E-state index contributed by atoms with van der Waals surface area (Å²) < 4.78 is 12.9. The molecule has 1 atom stereocenters. The minimum Gasteiger partial charge on any atom is -0.396 e. The normalized spacial score (nSPS) is 20.0. The van der Waals surface area contributed by atoms with Crippen LogP contribution in [0.5, 0.6) is 0 Å². The quantitative estimate of drug-likeness (QED) is 0.388. The van der Waals surface area contributed by atoms with Gasteiger partial charge >= 0.3 is 0 Å². The molecular weight excluding hydrogens is 389 g/mol. The van der Waals surface area contributed by atoms with Gasteiger partial charge in [0, 0.05) is 24.3 Å². The number of hydrogen-bond acceptors (Lipinski definition) is 2. The Bertz CT molecular complexity index is 930. The Hall–Kier alpha value is -2.72. The number of aliphatic hydroxyl groups excluding tert-OH is 1. The Labute approximate surface area is 185 Å². The fourth-order valence-corrected chi connectivity index (χ4v) is 3.81. The summed E-state index contributed by atoms with van der Waals surface area (Å²) in [5.74, 6) is -0.337. The lowest BCUT2D eigenvalue weighted by molar-refractivity contribution is -0.111. The minimum absolute atomic E-state index is 0.111. The molecule has 0 heterocycles. The molecule has 0 saturated heterocycles. The molecule has 31 heavy (non-hydrogen) atoms. The highest BCUT2D eigenvalue weighted by atomic mass is 19.1. The third-order valence-electron chi connectivity index (χ3n) is 5.81. The fraction of sp³-hybridized carbons (Fsp3) is 0.370. The van der Waals surface area contributed by atoms with E-state index in [0.717, 1.165) is 24.0 Å². The molecule has 1 aromatic carbocycles. The van der Waals surface area contributed by atoms with Gasteiger partial charge in [0.05, 0.1) is 0 Å². The van der Waals surface area contributed by atoms with E-state index < -0.39 is 0 Å². The average Bonchev–Trinajstić information content (AvgIpc) is 2.69. The number of anilines is 1. The molecule has 2 N–H and O–H groups in total. The molecule has 0 radical (unpaired) electrons. The van der Waals surface area contributed by atoms with Crippen molar-refractivity contribution in [2.24, 2.45) is 11.3 Å². The zero-order valence-corrected chi connectivity index (χ0v) is 19.2. The Kier molecular flexibility index (Phi) is 8.76. The van der Waals surface area contributed by atoms with E-state index in [1.54, 1.807) is 0 Å². The molecule has 1 amide bonds. The van der Waals surface area contributed by atoms with Crippen molar-refractivity contribution in [2.45, 2.75) is 47.5 Å². The van der Waals surface area contributed by atoms with Crippen molar-refractivity contribution < 1.29 is 14.3 Å². The second-order valence-electron chi connectivity index (χ2n) is 8.89. The molecule has 0 aliphatic heterocycles. The van der Waals surface area contributed by atoms with Gasteiger partial charge in [0.15, 0.2) is 0 Å². The van der Waals surface area contributed by atoms with Crippen LogP contribution < -0.4 is 5.32 Å². The monoisotopic (exact) mass is 423 g/mol.